The fourth-order valence-electron chi connectivity index (χ4n) is 2.19. The molecular formula is C17H12BrClFN3O. The van der Waals surface area contributed by atoms with Crippen LogP contribution in [0, 0.1) is 5.82 Å². The van der Waals surface area contributed by atoms with Crippen LogP contribution in [-0.2, 0) is 6.54 Å². The second kappa shape index (κ2) is 7.15. The van der Waals surface area contributed by atoms with Crippen molar-refractivity contribution in [1.82, 2.24) is 9.78 Å². The van der Waals surface area contributed by atoms with Crippen LogP contribution in [0.1, 0.15) is 15.9 Å². The highest BCUT2D eigenvalue weighted by Crippen LogP contribution is 2.21. The van der Waals surface area contributed by atoms with E-state index >= 15 is 0 Å². The third-order valence-corrected chi connectivity index (χ3v) is 4.43. The zero-order valence-corrected chi connectivity index (χ0v) is 14.7. The summed E-state index contributed by atoms with van der Waals surface area (Å²) in [6, 6.07) is 13.3. The maximum atomic E-state index is 13.8. The highest BCUT2D eigenvalue weighted by atomic mass is 79.9. The molecule has 0 atom stereocenters. The van der Waals surface area contributed by atoms with Crippen LogP contribution in [0.3, 0.4) is 0 Å². The molecule has 3 rings (SSSR count). The first kappa shape index (κ1) is 16.7. The van der Waals surface area contributed by atoms with Gasteiger partial charge >= 0.3 is 0 Å². The summed E-state index contributed by atoms with van der Waals surface area (Å²) in [5.41, 5.74) is 0.857. The standard InChI is InChI=1S/C17H12BrClFN3O/c18-13-5-2-1-4-11(13)17(24)21-16-8-9-23(22-16)10-12-14(19)6-3-7-15(12)20/h1-9H,10H2,(H,21,22,24). The van der Waals surface area contributed by atoms with Crippen molar-refractivity contribution in [1.29, 1.82) is 0 Å². The van der Waals surface area contributed by atoms with Crippen LogP contribution in [0.25, 0.3) is 0 Å². The van der Waals surface area contributed by atoms with Crippen molar-refractivity contribution in [3.8, 4) is 0 Å². The summed E-state index contributed by atoms with van der Waals surface area (Å²) < 4.78 is 16.0. The molecule has 0 fully saturated rings. The minimum absolute atomic E-state index is 0.177. The van der Waals surface area contributed by atoms with Crippen LogP contribution < -0.4 is 5.32 Å². The van der Waals surface area contributed by atoms with E-state index in [1.807, 2.05) is 6.07 Å². The van der Waals surface area contributed by atoms with Crippen molar-refractivity contribution in [3.05, 3.63) is 81.2 Å². The summed E-state index contributed by atoms with van der Waals surface area (Å²) in [6.45, 7) is 0.177. The quantitative estimate of drug-likeness (QED) is 0.678. The van der Waals surface area contributed by atoms with Gasteiger partial charge in [-0.2, -0.15) is 5.10 Å². The second-order valence-electron chi connectivity index (χ2n) is 5.03. The van der Waals surface area contributed by atoms with Crippen LogP contribution in [0.5, 0.6) is 0 Å². The van der Waals surface area contributed by atoms with E-state index in [0.717, 1.165) is 0 Å². The predicted molar refractivity (Wildman–Crippen MR) is 94.8 cm³/mol. The number of carbonyl (C=O) groups is 1. The number of hydrogen-bond acceptors (Lipinski definition) is 2. The summed E-state index contributed by atoms with van der Waals surface area (Å²) in [4.78, 5) is 12.2. The van der Waals surface area contributed by atoms with Crippen molar-refractivity contribution in [2.24, 2.45) is 0 Å². The molecule has 0 spiro atoms. The number of carbonyl (C=O) groups excluding carboxylic acids is 1. The number of halogens is 3. The molecule has 0 aliphatic heterocycles. The van der Waals surface area contributed by atoms with Crippen molar-refractivity contribution in [3.63, 3.8) is 0 Å². The Labute approximate surface area is 151 Å². The molecular weight excluding hydrogens is 397 g/mol. The number of hydrogen-bond donors (Lipinski definition) is 1. The molecule has 0 unspecified atom stereocenters. The van der Waals surface area contributed by atoms with Crippen LogP contribution in [0.15, 0.2) is 59.2 Å². The lowest BCUT2D eigenvalue weighted by molar-refractivity contribution is 0.102. The van der Waals surface area contributed by atoms with E-state index in [-0.39, 0.29) is 12.5 Å². The normalized spacial score (nSPS) is 10.6. The van der Waals surface area contributed by atoms with Crippen molar-refractivity contribution in [2.45, 2.75) is 6.54 Å². The summed E-state index contributed by atoms with van der Waals surface area (Å²) >= 11 is 9.34. The Balaban J connectivity index is 1.74. The summed E-state index contributed by atoms with van der Waals surface area (Å²) in [5.74, 6) is -0.295. The molecule has 3 aromatic rings. The zero-order chi connectivity index (χ0) is 17.1. The van der Waals surface area contributed by atoms with Gasteiger partial charge in [-0.3, -0.25) is 9.48 Å². The van der Waals surface area contributed by atoms with Gasteiger partial charge in [0.25, 0.3) is 5.91 Å². The largest absolute Gasteiger partial charge is 0.305 e. The number of amides is 1. The highest BCUT2D eigenvalue weighted by molar-refractivity contribution is 9.10. The third-order valence-electron chi connectivity index (χ3n) is 3.38. The van der Waals surface area contributed by atoms with E-state index in [0.29, 0.717) is 26.4 Å². The van der Waals surface area contributed by atoms with Crippen molar-refractivity contribution < 1.29 is 9.18 Å². The molecule has 1 heterocycles. The van der Waals surface area contributed by atoms with Crippen LogP contribution in [0.2, 0.25) is 5.02 Å². The summed E-state index contributed by atoms with van der Waals surface area (Å²) in [6.07, 6.45) is 1.65. The Morgan fingerprint density at radius 1 is 1.21 bits per heavy atom. The molecule has 2 aromatic carbocycles. The van der Waals surface area contributed by atoms with Crippen LogP contribution in [0.4, 0.5) is 10.2 Å². The van der Waals surface area contributed by atoms with E-state index in [2.05, 4.69) is 26.3 Å². The van der Waals surface area contributed by atoms with Crippen LogP contribution in [-0.4, -0.2) is 15.7 Å². The average Bonchev–Trinajstić information content (AvgIpc) is 2.98. The molecule has 0 aliphatic carbocycles. The minimum atomic E-state index is -0.392. The number of aromatic nitrogens is 2. The van der Waals surface area contributed by atoms with Gasteiger partial charge in [-0.25, -0.2) is 4.39 Å². The first-order chi connectivity index (χ1) is 11.5. The Bertz CT molecular complexity index is 877. The molecule has 0 radical (unpaired) electrons. The molecule has 4 nitrogen and oxygen atoms in total. The van der Waals surface area contributed by atoms with Gasteiger partial charge in [-0.05, 0) is 40.2 Å². The first-order valence-electron chi connectivity index (χ1n) is 7.07. The smallest absolute Gasteiger partial charge is 0.258 e. The van der Waals surface area contributed by atoms with Crippen molar-refractivity contribution in [2.75, 3.05) is 5.32 Å². The van der Waals surface area contributed by atoms with Crippen molar-refractivity contribution >= 4 is 39.3 Å². The van der Waals surface area contributed by atoms with Gasteiger partial charge in [0.1, 0.15) is 5.82 Å². The molecule has 0 aliphatic rings. The summed E-state index contributed by atoms with van der Waals surface area (Å²) in [7, 11) is 0. The predicted octanol–water partition coefficient (Wildman–Crippen LogP) is 4.74. The molecule has 0 saturated carbocycles. The molecule has 24 heavy (non-hydrogen) atoms. The molecule has 1 amide bonds. The van der Waals surface area contributed by atoms with E-state index in [9.17, 15) is 9.18 Å². The number of anilines is 1. The Morgan fingerprint density at radius 3 is 2.75 bits per heavy atom. The lowest BCUT2D eigenvalue weighted by atomic mass is 10.2. The number of nitrogens with one attached hydrogen (secondary N) is 1. The highest BCUT2D eigenvalue weighted by Gasteiger charge is 2.12. The average molecular weight is 409 g/mol. The lowest BCUT2D eigenvalue weighted by Gasteiger charge is -2.06. The second-order valence-corrected chi connectivity index (χ2v) is 6.29. The molecule has 0 bridgehead atoms. The maximum Gasteiger partial charge on any atom is 0.258 e. The number of rotatable bonds is 4. The molecule has 0 saturated heterocycles. The van der Waals surface area contributed by atoms with Gasteiger partial charge in [-0.15, -0.1) is 0 Å². The van der Waals surface area contributed by atoms with Gasteiger partial charge < -0.3 is 5.32 Å². The minimum Gasteiger partial charge on any atom is -0.305 e. The fraction of sp³-hybridized carbons (Fsp3) is 0.0588. The van der Waals surface area contributed by atoms with E-state index < -0.39 is 5.82 Å². The van der Waals surface area contributed by atoms with E-state index in [4.69, 9.17) is 11.6 Å². The van der Waals surface area contributed by atoms with Gasteiger partial charge in [0.15, 0.2) is 5.82 Å². The Kier molecular flexibility index (Phi) is 4.97. The van der Waals surface area contributed by atoms with Gasteiger partial charge in [0, 0.05) is 27.3 Å². The monoisotopic (exact) mass is 407 g/mol. The van der Waals surface area contributed by atoms with E-state index in [1.54, 1.807) is 42.6 Å². The van der Waals surface area contributed by atoms with Gasteiger partial charge in [0.2, 0.25) is 0 Å². The summed E-state index contributed by atoms with van der Waals surface area (Å²) in [5, 5.41) is 7.27. The zero-order valence-electron chi connectivity index (χ0n) is 12.3. The fourth-order valence-corrected chi connectivity index (χ4v) is 2.88. The SMILES string of the molecule is O=C(Nc1ccn(Cc2c(F)cccc2Cl)n1)c1ccccc1Br. The molecule has 1 N–H and O–H groups in total. The maximum absolute atomic E-state index is 13.8. The third kappa shape index (κ3) is 3.66. The Hall–Kier alpha value is -2.18. The number of benzene rings is 2. The first-order valence-corrected chi connectivity index (χ1v) is 8.24. The Morgan fingerprint density at radius 2 is 2.00 bits per heavy atom. The lowest BCUT2D eigenvalue weighted by Crippen LogP contribution is -2.13. The topological polar surface area (TPSA) is 46.9 Å². The van der Waals surface area contributed by atoms with E-state index in [1.165, 1.54) is 10.7 Å². The number of nitrogens with zero attached hydrogens (tertiary/aromatic N) is 2. The van der Waals surface area contributed by atoms with Gasteiger partial charge in [-0.1, -0.05) is 29.8 Å². The van der Waals surface area contributed by atoms with Crippen LogP contribution >= 0.6 is 27.5 Å². The molecule has 7 heteroatoms. The van der Waals surface area contributed by atoms with Gasteiger partial charge in [0.05, 0.1) is 12.1 Å². The molecule has 122 valence electrons. The molecule has 1 aromatic heterocycles.